The van der Waals surface area contributed by atoms with Gasteiger partial charge in [0.2, 0.25) is 0 Å². The van der Waals surface area contributed by atoms with Crippen LogP contribution in [0.5, 0.6) is 0 Å². The van der Waals surface area contributed by atoms with E-state index >= 15 is 0 Å². The fourth-order valence-corrected chi connectivity index (χ4v) is 2.81. The number of hydrogen-bond donors (Lipinski definition) is 2. The van der Waals surface area contributed by atoms with Gasteiger partial charge in [0.05, 0.1) is 0 Å². The molecule has 0 aliphatic carbocycles. The number of H-pyrrole nitrogens is 1. The number of carbonyl (C=O) groups excluding carboxylic acids is 1. The van der Waals surface area contributed by atoms with E-state index in [2.05, 4.69) is 20.5 Å². The number of benzene rings is 2. The first-order chi connectivity index (χ1) is 13.1. The molecule has 0 unspecified atom stereocenters. The number of aryl methyl sites for hydroxylation is 2. The van der Waals surface area contributed by atoms with Gasteiger partial charge in [0.15, 0.2) is 5.82 Å². The van der Waals surface area contributed by atoms with Crippen molar-refractivity contribution in [3.8, 4) is 22.7 Å². The molecule has 27 heavy (non-hydrogen) atoms. The van der Waals surface area contributed by atoms with Crippen LogP contribution in [0.3, 0.4) is 0 Å². The van der Waals surface area contributed by atoms with E-state index in [0.717, 1.165) is 28.5 Å². The number of aromatic amines is 1. The molecule has 0 saturated carbocycles. The first-order valence-corrected chi connectivity index (χ1v) is 8.56. The molecule has 2 N–H and O–H groups in total. The Balaban J connectivity index is 1.56. The van der Waals surface area contributed by atoms with Crippen molar-refractivity contribution in [2.24, 2.45) is 0 Å². The lowest BCUT2D eigenvalue weighted by atomic mass is 10.1. The van der Waals surface area contributed by atoms with Gasteiger partial charge in [0.25, 0.3) is 5.91 Å². The van der Waals surface area contributed by atoms with Gasteiger partial charge in [0.1, 0.15) is 17.3 Å². The standard InChI is InChI=1S/C21H18N4O2/c1-13-9-10-19(27-13)15-5-3-7-17(11-15)21(26)23-18-8-4-6-16(12-18)20-22-14(2)24-25-20/h3-12H,1-2H3,(H,23,26)(H,22,24,25). The highest BCUT2D eigenvalue weighted by Crippen LogP contribution is 2.24. The van der Waals surface area contributed by atoms with Crippen molar-refractivity contribution in [2.45, 2.75) is 13.8 Å². The monoisotopic (exact) mass is 358 g/mol. The fraction of sp³-hybridized carbons (Fsp3) is 0.0952. The number of anilines is 1. The number of aromatic nitrogens is 3. The van der Waals surface area contributed by atoms with E-state index in [1.165, 1.54) is 0 Å². The van der Waals surface area contributed by atoms with Crippen LogP contribution in [0.2, 0.25) is 0 Å². The summed E-state index contributed by atoms with van der Waals surface area (Å²) < 4.78 is 5.64. The maximum absolute atomic E-state index is 12.7. The molecule has 0 saturated heterocycles. The second-order valence-electron chi connectivity index (χ2n) is 6.27. The largest absolute Gasteiger partial charge is 0.461 e. The van der Waals surface area contributed by atoms with E-state index in [9.17, 15) is 4.79 Å². The Morgan fingerprint density at radius 1 is 1.00 bits per heavy atom. The molecular weight excluding hydrogens is 340 g/mol. The van der Waals surface area contributed by atoms with Crippen LogP contribution in [-0.2, 0) is 0 Å². The number of nitrogens with one attached hydrogen (secondary N) is 2. The summed E-state index contributed by atoms with van der Waals surface area (Å²) in [6.07, 6.45) is 0. The van der Waals surface area contributed by atoms with Crippen molar-refractivity contribution in [2.75, 3.05) is 5.32 Å². The minimum Gasteiger partial charge on any atom is -0.461 e. The summed E-state index contributed by atoms with van der Waals surface area (Å²) in [5, 5.41) is 9.90. The van der Waals surface area contributed by atoms with Crippen LogP contribution >= 0.6 is 0 Å². The SMILES string of the molecule is Cc1nc(-c2cccc(NC(=O)c3cccc(-c4ccc(C)o4)c3)c2)n[nH]1. The molecule has 4 aromatic rings. The molecule has 0 atom stereocenters. The molecule has 0 radical (unpaired) electrons. The predicted octanol–water partition coefficient (Wildman–Crippen LogP) is 4.60. The van der Waals surface area contributed by atoms with E-state index < -0.39 is 0 Å². The summed E-state index contributed by atoms with van der Waals surface area (Å²) in [4.78, 5) is 17.0. The molecule has 0 aliphatic rings. The smallest absolute Gasteiger partial charge is 0.255 e. The second-order valence-corrected chi connectivity index (χ2v) is 6.27. The lowest BCUT2D eigenvalue weighted by Gasteiger charge is -2.07. The average molecular weight is 358 g/mol. The third kappa shape index (κ3) is 3.64. The molecule has 0 spiro atoms. The van der Waals surface area contributed by atoms with Crippen LogP contribution in [0.1, 0.15) is 21.9 Å². The van der Waals surface area contributed by atoms with Crippen LogP contribution in [0, 0.1) is 13.8 Å². The van der Waals surface area contributed by atoms with Crippen LogP contribution in [0.15, 0.2) is 65.1 Å². The van der Waals surface area contributed by atoms with Gasteiger partial charge in [-0.25, -0.2) is 4.98 Å². The Bertz CT molecular complexity index is 1110. The minimum atomic E-state index is -0.191. The maximum atomic E-state index is 12.7. The van der Waals surface area contributed by atoms with Crippen molar-refractivity contribution in [1.29, 1.82) is 0 Å². The lowest BCUT2D eigenvalue weighted by molar-refractivity contribution is 0.102. The molecule has 134 valence electrons. The van der Waals surface area contributed by atoms with E-state index in [4.69, 9.17) is 4.42 Å². The molecule has 6 nitrogen and oxygen atoms in total. The Morgan fingerprint density at radius 2 is 1.81 bits per heavy atom. The van der Waals surface area contributed by atoms with Crippen molar-refractivity contribution < 1.29 is 9.21 Å². The molecular formula is C21H18N4O2. The van der Waals surface area contributed by atoms with Gasteiger partial charge in [-0.1, -0.05) is 24.3 Å². The third-order valence-electron chi connectivity index (χ3n) is 4.13. The second kappa shape index (κ2) is 6.92. The lowest BCUT2D eigenvalue weighted by Crippen LogP contribution is -2.11. The van der Waals surface area contributed by atoms with Crippen molar-refractivity contribution >= 4 is 11.6 Å². The van der Waals surface area contributed by atoms with Crippen LogP contribution in [0.25, 0.3) is 22.7 Å². The molecule has 0 fully saturated rings. The molecule has 2 heterocycles. The van der Waals surface area contributed by atoms with Gasteiger partial charge in [0, 0.05) is 22.4 Å². The molecule has 0 aliphatic heterocycles. The Kier molecular flexibility index (Phi) is 4.30. The van der Waals surface area contributed by atoms with E-state index in [1.54, 1.807) is 6.07 Å². The van der Waals surface area contributed by atoms with Crippen LogP contribution in [0.4, 0.5) is 5.69 Å². The highest BCUT2D eigenvalue weighted by molar-refractivity contribution is 6.05. The van der Waals surface area contributed by atoms with Gasteiger partial charge >= 0.3 is 0 Å². The van der Waals surface area contributed by atoms with Gasteiger partial charge in [-0.05, 0) is 50.2 Å². The average Bonchev–Trinajstić information content (AvgIpc) is 3.30. The summed E-state index contributed by atoms with van der Waals surface area (Å²) in [6, 6.07) is 18.6. The topological polar surface area (TPSA) is 83.8 Å². The van der Waals surface area contributed by atoms with E-state index in [1.807, 2.05) is 68.4 Å². The number of amides is 1. The number of carbonyl (C=O) groups is 1. The zero-order valence-corrected chi connectivity index (χ0v) is 15.0. The summed E-state index contributed by atoms with van der Waals surface area (Å²) in [6.45, 7) is 3.73. The fourth-order valence-electron chi connectivity index (χ4n) is 2.81. The van der Waals surface area contributed by atoms with Gasteiger partial charge in [-0.2, -0.15) is 5.10 Å². The molecule has 1 amide bonds. The van der Waals surface area contributed by atoms with Gasteiger partial charge in [-0.15, -0.1) is 0 Å². The normalized spacial score (nSPS) is 10.7. The van der Waals surface area contributed by atoms with Gasteiger partial charge in [-0.3, -0.25) is 9.89 Å². The summed E-state index contributed by atoms with van der Waals surface area (Å²) >= 11 is 0. The quantitative estimate of drug-likeness (QED) is 0.558. The highest BCUT2D eigenvalue weighted by atomic mass is 16.3. The van der Waals surface area contributed by atoms with E-state index in [-0.39, 0.29) is 5.91 Å². The van der Waals surface area contributed by atoms with Crippen molar-refractivity contribution in [3.05, 3.63) is 77.8 Å². The first kappa shape index (κ1) is 16.8. The first-order valence-electron chi connectivity index (χ1n) is 8.56. The Morgan fingerprint density at radius 3 is 2.56 bits per heavy atom. The number of hydrogen-bond acceptors (Lipinski definition) is 4. The minimum absolute atomic E-state index is 0.191. The summed E-state index contributed by atoms with van der Waals surface area (Å²) in [5.74, 6) is 2.72. The van der Waals surface area contributed by atoms with Crippen LogP contribution in [-0.4, -0.2) is 21.1 Å². The Labute approximate surface area is 156 Å². The number of rotatable bonds is 4. The van der Waals surface area contributed by atoms with Gasteiger partial charge < -0.3 is 9.73 Å². The predicted molar refractivity (Wildman–Crippen MR) is 103 cm³/mol. The summed E-state index contributed by atoms with van der Waals surface area (Å²) in [5.41, 5.74) is 2.93. The number of nitrogens with zero attached hydrogens (tertiary/aromatic N) is 2. The zero-order chi connectivity index (χ0) is 18.8. The number of furan rings is 1. The molecule has 0 bridgehead atoms. The van der Waals surface area contributed by atoms with E-state index in [0.29, 0.717) is 17.1 Å². The van der Waals surface area contributed by atoms with Crippen LogP contribution < -0.4 is 5.32 Å². The molecule has 4 rings (SSSR count). The Hall–Kier alpha value is -3.67. The molecule has 2 aromatic heterocycles. The summed E-state index contributed by atoms with van der Waals surface area (Å²) in [7, 11) is 0. The maximum Gasteiger partial charge on any atom is 0.255 e. The zero-order valence-electron chi connectivity index (χ0n) is 15.0. The third-order valence-corrected chi connectivity index (χ3v) is 4.13. The molecule has 6 heteroatoms. The molecule has 2 aromatic carbocycles. The highest BCUT2D eigenvalue weighted by Gasteiger charge is 2.11. The van der Waals surface area contributed by atoms with Crippen molar-refractivity contribution in [3.63, 3.8) is 0 Å². The van der Waals surface area contributed by atoms with Crippen molar-refractivity contribution in [1.82, 2.24) is 15.2 Å².